The SMILES string of the molecule is O=C(Nc1ccc(CN2CCOCC2)cc1)c1n[nH]cc1Nc1ncnc2c1CCC2. The second-order valence-corrected chi connectivity index (χ2v) is 7.81. The Morgan fingerprint density at radius 3 is 2.81 bits per heavy atom. The maximum Gasteiger partial charge on any atom is 0.278 e. The molecule has 0 saturated carbocycles. The summed E-state index contributed by atoms with van der Waals surface area (Å²) in [5.41, 5.74) is 5.01. The first kappa shape index (κ1) is 19.7. The number of aromatic amines is 1. The zero-order valence-corrected chi connectivity index (χ0v) is 17.2. The fraction of sp³-hybridized carbons (Fsp3) is 0.364. The number of hydrogen-bond acceptors (Lipinski definition) is 7. The number of rotatable bonds is 6. The van der Waals surface area contributed by atoms with Crippen LogP contribution in [0, 0.1) is 0 Å². The van der Waals surface area contributed by atoms with Gasteiger partial charge in [-0.3, -0.25) is 14.8 Å². The molecule has 1 aromatic carbocycles. The van der Waals surface area contributed by atoms with Crippen LogP contribution in [0.2, 0.25) is 0 Å². The molecule has 160 valence electrons. The normalized spacial score (nSPS) is 16.1. The minimum absolute atomic E-state index is 0.282. The Bertz CT molecular complexity index is 1060. The fourth-order valence-corrected chi connectivity index (χ4v) is 4.05. The number of nitrogens with one attached hydrogen (secondary N) is 3. The van der Waals surface area contributed by atoms with E-state index < -0.39 is 0 Å². The third-order valence-corrected chi connectivity index (χ3v) is 5.71. The molecule has 2 aromatic heterocycles. The molecule has 3 N–H and O–H groups in total. The summed E-state index contributed by atoms with van der Waals surface area (Å²) >= 11 is 0. The van der Waals surface area contributed by atoms with Crippen LogP contribution in [0.25, 0.3) is 0 Å². The van der Waals surface area contributed by atoms with Crippen molar-refractivity contribution >= 4 is 23.1 Å². The molecule has 31 heavy (non-hydrogen) atoms. The van der Waals surface area contributed by atoms with Gasteiger partial charge in [0.05, 0.1) is 18.9 Å². The molecule has 0 atom stereocenters. The van der Waals surface area contributed by atoms with Crippen molar-refractivity contribution in [2.75, 3.05) is 36.9 Å². The molecule has 1 amide bonds. The van der Waals surface area contributed by atoms with Crippen LogP contribution in [0.5, 0.6) is 0 Å². The number of anilines is 3. The number of fused-ring (bicyclic) bond motifs is 1. The van der Waals surface area contributed by atoms with E-state index in [-0.39, 0.29) is 5.91 Å². The number of carbonyl (C=O) groups is 1. The summed E-state index contributed by atoms with van der Waals surface area (Å²) in [7, 11) is 0. The molecule has 9 nitrogen and oxygen atoms in total. The largest absolute Gasteiger partial charge is 0.379 e. The van der Waals surface area contributed by atoms with Crippen LogP contribution < -0.4 is 10.6 Å². The van der Waals surface area contributed by atoms with Gasteiger partial charge in [0.25, 0.3) is 5.91 Å². The molecule has 0 spiro atoms. The van der Waals surface area contributed by atoms with Gasteiger partial charge in [-0.15, -0.1) is 0 Å². The molecule has 0 radical (unpaired) electrons. The lowest BCUT2D eigenvalue weighted by molar-refractivity contribution is 0.0342. The predicted octanol–water partition coefficient (Wildman–Crippen LogP) is 2.52. The van der Waals surface area contributed by atoms with Crippen LogP contribution in [0.4, 0.5) is 17.2 Å². The van der Waals surface area contributed by atoms with Crippen LogP contribution in [0.15, 0.2) is 36.8 Å². The minimum atomic E-state index is -0.282. The Hall–Kier alpha value is -3.30. The van der Waals surface area contributed by atoms with Crippen LogP contribution in [-0.4, -0.2) is 57.3 Å². The highest BCUT2D eigenvalue weighted by molar-refractivity contribution is 6.06. The van der Waals surface area contributed by atoms with Crippen molar-refractivity contribution in [1.29, 1.82) is 0 Å². The second kappa shape index (κ2) is 8.83. The summed E-state index contributed by atoms with van der Waals surface area (Å²) in [6, 6.07) is 7.92. The van der Waals surface area contributed by atoms with Crippen molar-refractivity contribution < 1.29 is 9.53 Å². The first-order valence-electron chi connectivity index (χ1n) is 10.6. The topological polar surface area (TPSA) is 108 Å². The van der Waals surface area contributed by atoms with Crippen molar-refractivity contribution in [3.8, 4) is 0 Å². The molecule has 0 unspecified atom stereocenters. The molecular weight excluding hydrogens is 394 g/mol. The van der Waals surface area contributed by atoms with Gasteiger partial charge in [0, 0.05) is 42.8 Å². The van der Waals surface area contributed by atoms with E-state index in [9.17, 15) is 4.79 Å². The average Bonchev–Trinajstić information content (AvgIpc) is 3.46. The van der Waals surface area contributed by atoms with Gasteiger partial charge in [0.1, 0.15) is 12.1 Å². The Morgan fingerprint density at radius 1 is 1.13 bits per heavy atom. The van der Waals surface area contributed by atoms with E-state index in [0.29, 0.717) is 11.4 Å². The quantitative estimate of drug-likeness (QED) is 0.563. The number of hydrogen-bond donors (Lipinski definition) is 3. The molecule has 0 bridgehead atoms. The molecule has 1 aliphatic heterocycles. The van der Waals surface area contributed by atoms with Gasteiger partial charge in [0.2, 0.25) is 0 Å². The highest BCUT2D eigenvalue weighted by Gasteiger charge is 2.20. The van der Waals surface area contributed by atoms with Gasteiger partial charge in [-0.2, -0.15) is 5.10 Å². The van der Waals surface area contributed by atoms with Crippen LogP contribution >= 0.6 is 0 Å². The highest BCUT2D eigenvalue weighted by Crippen LogP contribution is 2.28. The van der Waals surface area contributed by atoms with Crippen molar-refractivity contribution in [3.63, 3.8) is 0 Å². The molecule has 3 heterocycles. The standard InChI is InChI=1S/C22H25N7O2/c30-22(26-16-6-4-15(5-7-16)13-29-8-10-31-11-9-29)20-19(12-25-28-20)27-21-17-2-1-3-18(17)23-14-24-21/h4-7,12,14H,1-3,8-11,13H2,(H,25,28)(H,26,30)(H,23,24,27). The third kappa shape index (κ3) is 4.42. The van der Waals surface area contributed by atoms with Crippen LogP contribution in [-0.2, 0) is 24.1 Å². The van der Waals surface area contributed by atoms with E-state index in [4.69, 9.17) is 4.74 Å². The number of morpholine rings is 1. The van der Waals surface area contributed by atoms with E-state index in [0.717, 1.165) is 74.9 Å². The summed E-state index contributed by atoms with van der Waals surface area (Å²) in [6.45, 7) is 4.35. The summed E-state index contributed by atoms with van der Waals surface area (Å²) in [5.74, 6) is 0.459. The number of aromatic nitrogens is 4. The highest BCUT2D eigenvalue weighted by atomic mass is 16.5. The van der Waals surface area contributed by atoms with E-state index in [1.54, 1.807) is 12.5 Å². The number of benzene rings is 1. The van der Waals surface area contributed by atoms with Gasteiger partial charge in [-0.05, 0) is 37.0 Å². The number of amides is 1. The lowest BCUT2D eigenvalue weighted by Crippen LogP contribution is -2.35. The number of aryl methyl sites for hydroxylation is 1. The Morgan fingerprint density at radius 2 is 1.97 bits per heavy atom. The van der Waals surface area contributed by atoms with E-state index in [1.807, 2.05) is 24.3 Å². The first-order chi connectivity index (χ1) is 15.3. The molecule has 9 heteroatoms. The number of ether oxygens (including phenoxy) is 1. The summed E-state index contributed by atoms with van der Waals surface area (Å²) in [6.07, 6.45) is 6.21. The number of carbonyl (C=O) groups excluding carboxylic acids is 1. The molecule has 1 saturated heterocycles. The van der Waals surface area contributed by atoms with E-state index in [1.165, 1.54) is 5.56 Å². The van der Waals surface area contributed by atoms with Gasteiger partial charge >= 0.3 is 0 Å². The maximum atomic E-state index is 12.8. The van der Waals surface area contributed by atoms with Gasteiger partial charge in [0.15, 0.2) is 5.69 Å². The Kier molecular flexibility index (Phi) is 5.59. The fourth-order valence-electron chi connectivity index (χ4n) is 4.05. The molecule has 2 aliphatic rings. The zero-order valence-electron chi connectivity index (χ0n) is 17.2. The number of nitrogens with zero attached hydrogens (tertiary/aromatic N) is 4. The van der Waals surface area contributed by atoms with Gasteiger partial charge in [-0.25, -0.2) is 9.97 Å². The van der Waals surface area contributed by atoms with Crippen molar-refractivity contribution in [2.45, 2.75) is 25.8 Å². The Balaban J connectivity index is 1.24. The van der Waals surface area contributed by atoms with Crippen molar-refractivity contribution in [3.05, 3.63) is 59.3 Å². The average molecular weight is 419 g/mol. The maximum absolute atomic E-state index is 12.8. The van der Waals surface area contributed by atoms with Crippen LogP contribution in [0.3, 0.4) is 0 Å². The molecule has 5 rings (SSSR count). The van der Waals surface area contributed by atoms with Gasteiger partial charge in [-0.1, -0.05) is 12.1 Å². The zero-order chi connectivity index (χ0) is 21.0. The van der Waals surface area contributed by atoms with Crippen molar-refractivity contribution in [1.82, 2.24) is 25.1 Å². The van der Waals surface area contributed by atoms with Crippen molar-refractivity contribution in [2.24, 2.45) is 0 Å². The molecule has 1 fully saturated rings. The minimum Gasteiger partial charge on any atom is -0.379 e. The predicted molar refractivity (Wildman–Crippen MR) is 116 cm³/mol. The molecule has 1 aliphatic carbocycles. The molecular formula is C22H25N7O2. The summed E-state index contributed by atoms with van der Waals surface area (Å²) in [5, 5.41) is 13.1. The monoisotopic (exact) mass is 419 g/mol. The van der Waals surface area contributed by atoms with E-state index in [2.05, 4.69) is 35.7 Å². The molecule has 3 aromatic rings. The summed E-state index contributed by atoms with van der Waals surface area (Å²) in [4.78, 5) is 23.9. The summed E-state index contributed by atoms with van der Waals surface area (Å²) < 4.78 is 5.39. The lowest BCUT2D eigenvalue weighted by Gasteiger charge is -2.26. The second-order valence-electron chi connectivity index (χ2n) is 7.81. The number of H-pyrrole nitrogens is 1. The van der Waals surface area contributed by atoms with Gasteiger partial charge < -0.3 is 15.4 Å². The van der Waals surface area contributed by atoms with E-state index >= 15 is 0 Å². The smallest absolute Gasteiger partial charge is 0.278 e. The third-order valence-electron chi connectivity index (χ3n) is 5.71. The first-order valence-corrected chi connectivity index (χ1v) is 10.6. The Labute approximate surface area is 180 Å². The lowest BCUT2D eigenvalue weighted by atomic mass is 10.2. The van der Waals surface area contributed by atoms with Crippen LogP contribution in [0.1, 0.15) is 33.7 Å².